The van der Waals surface area contributed by atoms with Crippen LogP contribution in [0.15, 0.2) is 30.3 Å². The molecule has 0 aliphatic carbocycles. The van der Waals surface area contributed by atoms with Gasteiger partial charge in [0.05, 0.1) is 0 Å². The first-order chi connectivity index (χ1) is 9.35. The lowest BCUT2D eigenvalue weighted by Crippen LogP contribution is -2.39. The van der Waals surface area contributed by atoms with Crippen molar-refractivity contribution >= 4 is 0 Å². The van der Waals surface area contributed by atoms with Gasteiger partial charge in [-0.1, -0.05) is 37.3 Å². The van der Waals surface area contributed by atoms with E-state index < -0.39 is 0 Å². The van der Waals surface area contributed by atoms with E-state index in [2.05, 4.69) is 42.6 Å². The molecule has 1 aliphatic rings. The summed E-state index contributed by atoms with van der Waals surface area (Å²) in [5, 5.41) is 3.55. The molecule has 106 valence electrons. The Bertz CT molecular complexity index is 344. The molecule has 1 aromatic rings. The van der Waals surface area contributed by atoms with Gasteiger partial charge in [0.25, 0.3) is 0 Å². The Morgan fingerprint density at radius 2 is 1.89 bits per heavy atom. The van der Waals surface area contributed by atoms with E-state index in [9.17, 15) is 0 Å². The number of aryl methyl sites for hydroxylation is 1. The fourth-order valence-corrected chi connectivity index (χ4v) is 3.02. The molecule has 2 heteroatoms. The van der Waals surface area contributed by atoms with E-state index in [-0.39, 0.29) is 0 Å². The first-order valence-electron chi connectivity index (χ1n) is 7.67. The minimum absolute atomic E-state index is 0.475. The lowest BCUT2D eigenvalue weighted by atomic mass is 9.75. The maximum atomic E-state index is 5.54. The molecule has 0 unspecified atom stereocenters. The van der Waals surface area contributed by atoms with Gasteiger partial charge in [-0.05, 0) is 49.6 Å². The van der Waals surface area contributed by atoms with Crippen LogP contribution in [0, 0.1) is 5.41 Å². The van der Waals surface area contributed by atoms with Crippen LogP contribution in [-0.4, -0.2) is 26.3 Å². The van der Waals surface area contributed by atoms with Gasteiger partial charge < -0.3 is 10.1 Å². The lowest BCUT2D eigenvalue weighted by Gasteiger charge is -2.37. The molecule has 2 rings (SSSR count). The molecule has 2 nitrogen and oxygen atoms in total. The van der Waals surface area contributed by atoms with Gasteiger partial charge in [0.15, 0.2) is 0 Å². The molecule has 0 saturated carbocycles. The molecule has 0 spiro atoms. The van der Waals surface area contributed by atoms with E-state index in [1.54, 1.807) is 0 Å². The van der Waals surface area contributed by atoms with Crippen molar-refractivity contribution in [1.29, 1.82) is 0 Å². The van der Waals surface area contributed by atoms with Gasteiger partial charge in [0.1, 0.15) is 0 Å². The van der Waals surface area contributed by atoms with E-state index in [1.807, 2.05) is 0 Å². The monoisotopic (exact) mass is 261 g/mol. The maximum Gasteiger partial charge on any atom is 0.0471 e. The first kappa shape index (κ1) is 14.5. The van der Waals surface area contributed by atoms with Gasteiger partial charge in [-0.15, -0.1) is 0 Å². The number of hydrogen-bond donors (Lipinski definition) is 1. The van der Waals surface area contributed by atoms with Crippen LogP contribution in [0.2, 0.25) is 0 Å². The third-order valence-electron chi connectivity index (χ3n) is 4.32. The second kappa shape index (κ2) is 7.66. The molecule has 1 aromatic carbocycles. The number of hydrogen-bond acceptors (Lipinski definition) is 2. The van der Waals surface area contributed by atoms with E-state index in [0.29, 0.717) is 5.41 Å². The van der Waals surface area contributed by atoms with Crippen LogP contribution in [0.4, 0.5) is 0 Å². The topological polar surface area (TPSA) is 21.3 Å². The van der Waals surface area contributed by atoms with Crippen LogP contribution in [0.3, 0.4) is 0 Å². The van der Waals surface area contributed by atoms with Crippen LogP contribution in [0.25, 0.3) is 0 Å². The molecule has 0 atom stereocenters. The van der Waals surface area contributed by atoms with Crippen molar-refractivity contribution < 1.29 is 4.74 Å². The largest absolute Gasteiger partial charge is 0.381 e. The molecular formula is C17H27NO. The summed E-state index contributed by atoms with van der Waals surface area (Å²) in [5.41, 5.74) is 1.94. The summed E-state index contributed by atoms with van der Waals surface area (Å²) in [7, 11) is 0. The molecule has 19 heavy (non-hydrogen) atoms. The summed E-state index contributed by atoms with van der Waals surface area (Å²) >= 11 is 0. The zero-order chi connectivity index (χ0) is 13.4. The van der Waals surface area contributed by atoms with Gasteiger partial charge in [-0.2, -0.15) is 0 Å². The summed E-state index contributed by atoms with van der Waals surface area (Å²) < 4.78 is 5.54. The van der Waals surface area contributed by atoms with E-state index in [4.69, 9.17) is 4.74 Å². The maximum absolute atomic E-state index is 5.54. The molecule has 0 aromatic heterocycles. The zero-order valence-corrected chi connectivity index (χ0v) is 12.2. The number of ether oxygens (including phenoxy) is 1. The summed E-state index contributed by atoms with van der Waals surface area (Å²) in [5.74, 6) is 0. The molecule has 1 heterocycles. The Hall–Kier alpha value is -0.860. The fourth-order valence-electron chi connectivity index (χ4n) is 3.02. The van der Waals surface area contributed by atoms with Crippen molar-refractivity contribution in [3.8, 4) is 0 Å². The molecule has 1 aliphatic heterocycles. The average Bonchev–Trinajstić information content (AvgIpc) is 2.47. The Morgan fingerprint density at radius 1 is 1.16 bits per heavy atom. The number of nitrogens with one attached hydrogen (secondary N) is 1. The Labute approximate surface area is 117 Å². The Balaban J connectivity index is 1.82. The van der Waals surface area contributed by atoms with Crippen LogP contribution < -0.4 is 5.32 Å². The number of rotatable bonds is 7. The van der Waals surface area contributed by atoms with Gasteiger partial charge in [-0.3, -0.25) is 0 Å². The van der Waals surface area contributed by atoms with Crippen LogP contribution in [0.1, 0.15) is 38.2 Å². The van der Waals surface area contributed by atoms with Crippen molar-refractivity contribution in [3.05, 3.63) is 35.9 Å². The van der Waals surface area contributed by atoms with Crippen LogP contribution >= 0.6 is 0 Å². The number of benzene rings is 1. The van der Waals surface area contributed by atoms with Crippen LogP contribution in [-0.2, 0) is 11.2 Å². The van der Waals surface area contributed by atoms with Gasteiger partial charge in [-0.25, -0.2) is 0 Å². The highest BCUT2D eigenvalue weighted by molar-refractivity contribution is 5.14. The van der Waals surface area contributed by atoms with Crippen molar-refractivity contribution in [2.75, 3.05) is 26.3 Å². The smallest absolute Gasteiger partial charge is 0.0471 e. The molecule has 1 N–H and O–H groups in total. The van der Waals surface area contributed by atoms with E-state index in [1.165, 1.54) is 37.7 Å². The Kier molecular flexibility index (Phi) is 5.87. The SMILES string of the molecule is CCNCC1(CCCc2ccccc2)CCOCC1. The van der Waals surface area contributed by atoms with Crippen LogP contribution in [0.5, 0.6) is 0 Å². The molecule has 0 amide bonds. The van der Waals surface area contributed by atoms with Crippen molar-refractivity contribution in [2.24, 2.45) is 5.41 Å². The van der Waals surface area contributed by atoms with E-state index >= 15 is 0 Å². The van der Waals surface area contributed by atoms with E-state index in [0.717, 1.165) is 26.3 Å². The first-order valence-corrected chi connectivity index (χ1v) is 7.67. The summed E-state index contributed by atoms with van der Waals surface area (Å²) in [6, 6.07) is 10.8. The summed E-state index contributed by atoms with van der Waals surface area (Å²) in [4.78, 5) is 0. The van der Waals surface area contributed by atoms with Gasteiger partial charge in [0.2, 0.25) is 0 Å². The minimum atomic E-state index is 0.475. The highest BCUT2D eigenvalue weighted by Crippen LogP contribution is 2.35. The van der Waals surface area contributed by atoms with Crippen molar-refractivity contribution in [1.82, 2.24) is 5.32 Å². The minimum Gasteiger partial charge on any atom is -0.381 e. The quantitative estimate of drug-likeness (QED) is 0.812. The third kappa shape index (κ3) is 4.63. The zero-order valence-electron chi connectivity index (χ0n) is 12.2. The molecule has 1 saturated heterocycles. The summed E-state index contributed by atoms with van der Waals surface area (Å²) in [6.07, 6.45) is 6.24. The highest BCUT2D eigenvalue weighted by Gasteiger charge is 2.31. The van der Waals surface area contributed by atoms with Gasteiger partial charge in [0, 0.05) is 19.8 Å². The predicted octanol–water partition coefficient (Wildman–Crippen LogP) is 3.42. The molecular weight excluding hydrogens is 234 g/mol. The second-order valence-corrected chi connectivity index (χ2v) is 5.73. The summed E-state index contributed by atoms with van der Waals surface area (Å²) in [6.45, 7) is 6.30. The third-order valence-corrected chi connectivity index (χ3v) is 4.32. The Morgan fingerprint density at radius 3 is 2.58 bits per heavy atom. The predicted molar refractivity (Wildman–Crippen MR) is 80.4 cm³/mol. The van der Waals surface area contributed by atoms with Gasteiger partial charge >= 0.3 is 0 Å². The van der Waals surface area contributed by atoms with Crippen molar-refractivity contribution in [3.63, 3.8) is 0 Å². The normalized spacial score (nSPS) is 18.4. The lowest BCUT2D eigenvalue weighted by molar-refractivity contribution is 0.00974. The standard InChI is InChI=1S/C17H27NO/c1-2-18-15-17(11-13-19-14-12-17)10-6-9-16-7-4-3-5-8-16/h3-5,7-8,18H,2,6,9-15H2,1H3. The fraction of sp³-hybridized carbons (Fsp3) is 0.647. The second-order valence-electron chi connectivity index (χ2n) is 5.73. The average molecular weight is 261 g/mol. The molecule has 0 radical (unpaired) electrons. The van der Waals surface area contributed by atoms with Crippen molar-refractivity contribution in [2.45, 2.75) is 39.0 Å². The molecule has 0 bridgehead atoms. The molecule has 1 fully saturated rings. The highest BCUT2D eigenvalue weighted by atomic mass is 16.5.